The van der Waals surface area contributed by atoms with Crippen molar-refractivity contribution in [2.45, 2.75) is 50.9 Å². The van der Waals surface area contributed by atoms with E-state index >= 15 is 0 Å². The summed E-state index contributed by atoms with van der Waals surface area (Å²) in [6.07, 6.45) is 5.56. The molecule has 4 rings (SSSR count). The predicted octanol–water partition coefficient (Wildman–Crippen LogP) is 0.659. The minimum absolute atomic E-state index is 0.0352. The number of fused-ring (bicyclic) bond motifs is 1. The highest BCUT2D eigenvalue weighted by atomic mass is 32.2. The Balaban J connectivity index is 1.51. The lowest BCUT2D eigenvalue weighted by Crippen LogP contribution is -2.49. The van der Waals surface area contributed by atoms with Gasteiger partial charge in [-0.15, -0.1) is 4.41 Å². The number of nitrogens with two attached hydrogens (primary N) is 1. The van der Waals surface area contributed by atoms with Gasteiger partial charge in [0.05, 0.1) is 22.7 Å². The largest absolute Gasteiger partial charge is 0.328 e. The number of urea groups is 1. The Bertz CT molecular complexity index is 1130. The van der Waals surface area contributed by atoms with Crippen molar-refractivity contribution in [1.82, 2.24) is 24.2 Å². The fraction of sp³-hybridized carbons (Fsp3) is 0.550. The molecule has 4 heterocycles. The monoisotopic (exact) mass is 463 g/mol. The Labute approximate surface area is 187 Å². The van der Waals surface area contributed by atoms with Crippen LogP contribution in [0.3, 0.4) is 0 Å². The van der Waals surface area contributed by atoms with Crippen LogP contribution < -0.4 is 16.1 Å². The molecule has 2 saturated heterocycles. The highest BCUT2D eigenvalue weighted by Gasteiger charge is 2.31. The van der Waals surface area contributed by atoms with Gasteiger partial charge in [-0.3, -0.25) is 25.8 Å². The first kappa shape index (κ1) is 22.6. The number of carbonyl (C=O) groups excluding carboxylic acids is 2. The minimum Gasteiger partial charge on any atom is -0.295 e. The van der Waals surface area contributed by atoms with Crippen molar-refractivity contribution < 1.29 is 18.0 Å². The molecular formula is C20H29N7O4S. The number of aromatic nitrogens is 2. The van der Waals surface area contributed by atoms with Crippen LogP contribution in [-0.2, 0) is 21.4 Å². The lowest BCUT2D eigenvalue weighted by Gasteiger charge is -2.29. The molecule has 1 atom stereocenters. The number of imide groups is 1. The number of carbonyl (C=O) groups is 2. The highest BCUT2D eigenvalue weighted by Crippen LogP contribution is 2.26. The molecule has 0 spiro atoms. The van der Waals surface area contributed by atoms with E-state index in [1.54, 1.807) is 24.6 Å². The van der Waals surface area contributed by atoms with E-state index in [2.05, 4.69) is 15.3 Å². The summed E-state index contributed by atoms with van der Waals surface area (Å²) in [7, 11) is -3.50. The molecule has 0 bridgehead atoms. The summed E-state index contributed by atoms with van der Waals surface area (Å²) in [4.78, 5) is 27.5. The zero-order valence-electron chi connectivity index (χ0n) is 18.3. The van der Waals surface area contributed by atoms with Gasteiger partial charge in [-0.1, -0.05) is 0 Å². The van der Waals surface area contributed by atoms with Crippen LogP contribution in [0.1, 0.15) is 38.7 Å². The number of amides is 3. The van der Waals surface area contributed by atoms with Gasteiger partial charge in [-0.05, 0) is 50.9 Å². The van der Waals surface area contributed by atoms with Crippen molar-refractivity contribution in [1.29, 1.82) is 0 Å². The normalized spacial score (nSPS) is 20.7. The molecule has 0 aromatic carbocycles. The summed E-state index contributed by atoms with van der Waals surface area (Å²) < 4.78 is 27.4. The highest BCUT2D eigenvalue weighted by molar-refractivity contribution is 7.89. The number of rotatable bonds is 7. The third-order valence-corrected chi connectivity index (χ3v) is 8.10. The first-order chi connectivity index (χ1) is 15.2. The van der Waals surface area contributed by atoms with E-state index in [-0.39, 0.29) is 24.9 Å². The number of likely N-dealkylation sites (tertiary alicyclic amines) is 1. The second-order valence-electron chi connectivity index (χ2n) is 8.58. The van der Waals surface area contributed by atoms with E-state index in [9.17, 15) is 18.0 Å². The van der Waals surface area contributed by atoms with E-state index in [4.69, 9.17) is 5.84 Å². The van der Waals surface area contributed by atoms with Crippen molar-refractivity contribution in [2.24, 2.45) is 5.84 Å². The third-order valence-electron chi connectivity index (χ3n) is 6.11. The first-order valence-electron chi connectivity index (χ1n) is 10.7. The van der Waals surface area contributed by atoms with Crippen molar-refractivity contribution in [2.75, 3.05) is 24.5 Å². The van der Waals surface area contributed by atoms with E-state index in [0.717, 1.165) is 34.9 Å². The average Bonchev–Trinajstić information content (AvgIpc) is 3.34. The maximum absolute atomic E-state index is 12.3. The Morgan fingerprint density at radius 3 is 2.81 bits per heavy atom. The molecular weight excluding hydrogens is 434 g/mol. The van der Waals surface area contributed by atoms with Crippen molar-refractivity contribution >= 4 is 33.2 Å². The molecule has 0 unspecified atom stereocenters. The second-order valence-corrected chi connectivity index (χ2v) is 11.0. The maximum atomic E-state index is 12.3. The Hall–Kier alpha value is -2.54. The van der Waals surface area contributed by atoms with Gasteiger partial charge in [-0.25, -0.2) is 17.7 Å². The summed E-state index contributed by atoms with van der Waals surface area (Å²) in [5.74, 6) is 5.63. The quantitative estimate of drug-likeness (QED) is 0.455. The summed E-state index contributed by atoms with van der Waals surface area (Å²) in [5, 5.41) is 6.10. The molecule has 174 valence electrons. The average molecular weight is 464 g/mol. The number of hydrazine groups is 1. The lowest BCUT2D eigenvalue weighted by molar-refractivity contribution is -0.120. The van der Waals surface area contributed by atoms with Crippen LogP contribution in [0.15, 0.2) is 24.5 Å². The topological polar surface area (TPSA) is 133 Å². The number of hydrogen-bond acceptors (Lipinski definition) is 7. The summed E-state index contributed by atoms with van der Waals surface area (Å²) in [5.41, 5.74) is 2.44. The Morgan fingerprint density at radius 1 is 1.31 bits per heavy atom. The molecule has 0 saturated carbocycles. The Kier molecular flexibility index (Phi) is 6.21. The smallest absolute Gasteiger partial charge is 0.295 e. The minimum atomic E-state index is -3.50. The van der Waals surface area contributed by atoms with Crippen molar-refractivity contribution in [3.05, 3.63) is 30.1 Å². The second kappa shape index (κ2) is 8.77. The molecule has 32 heavy (non-hydrogen) atoms. The van der Waals surface area contributed by atoms with Crippen molar-refractivity contribution in [3.63, 3.8) is 0 Å². The van der Waals surface area contributed by atoms with Gasteiger partial charge in [0.25, 0.3) is 0 Å². The number of nitrogens with one attached hydrogen (secondary N) is 1. The summed E-state index contributed by atoms with van der Waals surface area (Å²) in [6, 6.07) is 3.53. The molecule has 11 nitrogen and oxygen atoms in total. The molecule has 3 N–H and O–H groups in total. The van der Waals surface area contributed by atoms with E-state index in [0.29, 0.717) is 18.8 Å². The van der Waals surface area contributed by atoms with Gasteiger partial charge in [-0.2, -0.15) is 5.10 Å². The molecule has 0 aliphatic carbocycles. The van der Waals surface area contributed by atoms with Gasteiger partial charge >= 0.3 is 6.03 Å². The zero-order chi connectivity index (χ0) is 23.0. The molecule has 12 heteroatoms. The molecule has 2 aliphatic heterocycles. The van der Waals surface area contributed by atoms with E-state index < -0.39 is 21.3 Å². The number of pyridine rings is 1. The SMILES string of the molecule is CC(C)S(=O)(=O)N(N)C[C@@H]1CCCN1Cc1ccn2ncc(N3CCC(=O)NC3=O)c2c1. The third kappa shape index (κ3) is 4.35. The van der Waals surface area contributed by atoms with Crippen LogP contribution in [0, 0.1) is 0 Å². The standard InChI is InChI=1S/C20H29N7O4S/c1-14(2)32(30,31)27(21)13-16-4-3-7-24(16)12-15-5-9-26-17(10-15)18(11-22-26)25-8-6-19(28)23-20(25)29/h5,9-11,14,16H,3-4,6-8,12-13,21H2,1-2H3,(H,23,28,29)/t16-/m0/s1. The van der Waals surface area contributed by atoms with Crippen LogP contribution in [-0.4, -0.2) is 70.2 Å². The first-order valence-corrected chi connectivity index (χ1v) is 12.2. The number of sulfonamides is 1. The van der Waals surface area contributed by atoms with Crippen molar-refractivity contribution in [3.8, 4) is 0 Å². The number of nitrogens with zero attached hydrogens (tertiary/aromatic N) is 5. The Morgan fingerprint density at radius 2 is 2.09 bits per heavy atom. The zero-order valence-corrected chi connectivity index (χ0v) is 19.1. The van der Waals surface area contributed by atoms with Crippen LogP contribution in [0.25, 0.3) is 5.52 Å². The van der Waals surface area contributed by atoms with Crippen LogP contribution in [0.2, 0.25) is 0 Å². The fourth-order valence-electron chi connectivity index (χ4n) is 4.24. The molecule has 2 aromatic heterocycles. The lowest BCUT2D eigenvalue weighted by atomic mass is 10.2. The number of anilines is 1. The molecule has 2 aromatic rings. The molecule has 2 aliphatic rings. The van der Waals surface area contributed by atoms with E-state index in [1.165, 1.54) is 4.90 Å². The van der Waals surface area contributed by atoms with Gasteiger partial charge in [0.2, 0.25) is 15.9 Å². The van der Waals surface area contributed by atoms with Crippen LogP contribution >= 0.6 is 0 Å². The van der Waals surface area contributed by atoms with Gasteiger partial charge in [0.15, 0.2) is 0 Å². The van der Waals surface area contributed by atoms with Gasteiger partial charge in [0, 0.05) is 38.3 Å². The fourth-order valence-corrected chi connectivity index (χ4v) is 5.16. The maximum Gasteiger partial charge on any atom is 0.328 e. The number of hydrogen-bond donors (Lipinski definition) is 2. The van der Waals surface area contributed by atoms with Gasteiger partial charge < -0.3 is 0 Å². The summed E-state index contributed by atoms with van der Waals surface area (Å²) in [6.45, 7) is 5.29. The van der Waals surface area contributed by atoms with Crippen LogP contribution in [0.5, 0.6) is 0 Å². The molecule has 2 fully saturated rings. The predicted molar refractivity (Wildman–Crippen MR) is 119 cm³/mol. The summed E-state index contributed by atoms with van der Waals surface area (Å²) >= 11 is 0. The molecule has 3 amide bonds. The van der Waals surface area contributed by atoms with Gasteiger partial charge in [0.1, 0.15) is 0 Å². The van der Waals surface area contributed by atoms with Crippen LogP contribution in [0.4, 0.5) is 10.5 Å². The molecule has 0 radical (unpaired) electrons. The van der Waals surface area contributed by atoms with E-state index in [1.807, 2.05) is 18.3 Å².